The Morgan fingerprint density at radius 3 is 2.48 bits per heavy atom. The van der Waals surface area contributed by atoms with Crippen molar-refractivity contribution in [1.82, 2.24) is 0 Å². The van der Waals surface area contributed by atoms with E-state index in [0.717, 1.165) is 5.56 Å². The monoisotopic (exact) mass is 342 g/mol. The summed E-state index contributed by atoms with van der Waals surface area (Å²) in [7, 11) is 3.09. The van der Waals surface area contributed by atoms with Crippen molar-refractivity contribution in [1.29, 1.82) is 0 Å². The summed E-state index contributed by atoms with van der Waals surface area (Å²) >= 11 is 0. The summed E-state index contributed by atoms with van der Waals surface area (Å²) < 4.78 is 10.4. The predicted molar refractivity (Wildman–Crippen MR) is 97.4 cm³/mol. The molecule has 0 aromatic heterocycles. The molecule has 0 saturated heterocycles. The molecule has 0 atom stereocenters. The number of nitrogens with one attached hydrogen (secondary N) is 1. The maximum Gasteiger partial charge on any atom is 0.244 e. The van der Waals surface area contributed by atoms with Gasteiger partial charge >= 0.3 is 0 Å². The lowest BCUT2D eigenvalue weighted by molar-refractivity contribution is -0.120. The van der Waals surface area contributed by atoms with Gasteiger partial charge in [0.05, 0.1) is 19.9 Å². The predicted octanol–water partition coefficient (Wildman–Crippen LogP) is 3.00. The highest BCUT2D eigenvalue weighted by atomic mass is 16.5. The van der Waals surface area contributed by atoms with E-state index in [1.807, 2.05) is 19.1 Å². The van der Waals surface area contributed by atoms with Gasteiger partial charge in [-0.05, 0) is 36.8 Å². The molecule has 0 radical (unpaired) electrons. The average molecular weight is 342 g/mol. The van der Waals surface area contributed by atoms with Crippen LogP contribution in [0.15, 0.2) is 42.5 Å². The van der Waals surface area contributed by atoms with E-state index in [4.69, 9.17) is 9.47 Å². The molecule has 6 nitrogen and oxygen atoms in total. The van der Waals surface area contributed by atoms with Crippen molar-refractivity contribution >= 4 is 23.2 Å². The second-order valence-corrected chi connectivity index (χ2v) is 5.56. The van der Waals surface area contributed by atoms with Gasteiger partial charge in [0.15, 0.2) is 0 Å². The summed E-state index contributed by atoms with van der Waals surface area (Å²) in [5.41, 5.74) is 2.16. The molecular weight excluding hydrogens is 320 g/mol. The van der Waals surface area contributed by atoms with Gasteiger partial charge in [0, 0.05) is 18.7 Å². The molecule has 0 heterocycles. The molecular formula is C19H22N2O4. The number of benzene rings is 2. The van der Waals surface area contributed by atoms with Crippen LogP contribution in [0.4, 0.5) is 11.4 Å². The van der Waals surface area contributed by atoms with Crippen LogP contribution in [-0.4, -0.2) is 32.6 Å². The van der Waals surface area contributed by atoms with Gasteiger partial charge in [-0.2, -0.15) is 0 Å². The van der Waals surface area contributed by atoms with Crippen LogP contribution in [0, 0.1) is 6.92 Å². The zero-order valence-electron chi connectivity index (χ0n) is 14.8. The summed E-state index contributed by atoms with van der Waals surface area (Å²) in [5, 5.41) is 2.80. The van der Waals surface area contributed by atoms with Crippen LogP contribution in [-0.2, 0) is 9.59 Å². The number of methoxy groups -OCH3 is 2. The molecule has 0 fully saturated rings. The van der Waals surface area contributed by atoms with E-state index in [2.05, 4.69) is 5.32 Å². The SMILES string of the molecule is COc1cccc(N(CC(=O)Nc2cc(C)ccc2OC)C(C)=O)c1. The Bertz CT molecular complexity index is 774. The highest BCUT2D eigenvalue weighted by Gasteiger charge is 2.17. The normalized spacial score (nSPS) is 10.1. The number of nitrogens with zero attached hydrogens (tertiary/aromatic N) is 1. The number of hydrogen-bond acceptors (Lipinski definition) is 4. The first kappa shape index (κ1) is 18.3. The van der Waals surface area contributed by atoms with Gasteiger partial charge in [-0.1, -0.05) is 12.1 Å². The molecule has 0 saturated carbocycles. The lowest BCUT2D eigenvalue weighted by Gasteiger charge is -2.21. The molecule has 0 unspecified atom stereocenters. The van der Waals surface area contributed by atoms with Crippen molar-refractivity contribution < 1.29 is 19.1 Å². The highest BCUT2D eigenvalue weighted by molar-refractivity contribution is 6.02. The van der Waals surface area contributed by atoms with Crippen LogP contribution in [0.25, 0.3) is 0 Å². The standard InChI is InChI=1S/C19H22N2O4/c1-13-8-9-18(25-4)17(10-13)20-19(23)12-21(14(2)22)15-6-5-7-16(11-15)24-3/h5-11H,12H2,1-4H3,(H,20,23). The van der Waals surface area contributed by atoms with Crippen molar-refractivity contribution in [2.75, 3.05) is 31.0 Å². The van der Waals surface area contributed by atoms with E-state index in [-0.39, 0.29) is 18.4 Å². The van der Waals surface area contributed by atoms with E-state index < -0.39 is 0 Å². The third kappa shape index (κ3) is 4.73. The van der Waals surface area contributed by atoms with Gasteiger partial charge in [-0.25, -0.2) is 0 Å². The fourth-order valence-corrected chi connectivity index (χ4v) is 2.42. The maximum absolute atomic E-state index is 12.4. The number of aryl methyl sites for hydroxylation is 1. The van der Waals surface area contributed by atoms with Gasteiger partial charge in [0.1, 0.15) is 18.0 Å². The Kier molecular flexibility index (Phi) is 6.00. The first-order valence-electron chi connectivity index (χ1n) is 7.81. The molecule has 6 heteroatoms. The van der Waals surface area contributed by atoms with E-state index in [1.165, 1.54) is 11.8 Å². The summed E-state index contributed by atoms with van der Waals surface area (Å²) in [5.74, 6) is 0.626. The molecule has 0 spiro atoms. The molecule has 2 amide bonds. The number of amides is 2. The van der Waals surface area contributed by atoms with Gasteiger partial charge in [0.25, 0.3) is 0 Å². The molecule has 1 N–H and O–H groups in total. The summed E-state index contributed by atoms with van der Waals surface area (Å²) in [4.78, 5) is 25.8. The van der Waals surface area contributed by atoms with Crippen LogP contribution < -0.4 is 19.7 Å². The Balaban J connectivity index is 2.18. The Labute approximate surface area is 147 Å². The lowest BCUT2D eigenvalue weighted by Crippen LogP contribution is -2.36. The van der Waals surface area contributed by atoms with Crippen molar-refractivity contribution in [2.45, 2.75) is 13.8 Å². The third-order valence-electron chi connectivity index (χ3n) is 3.68. The minimum atomic E-state index is -0.318. The molecule has 2 aromatic carbocycles. The van der Waals surface area contributed by atoms with E-state index in [0.29, 0.717) is 22.9 Å². The van der Waals surface area contributed by atoms with E-state index >= 15 is 0 Å². The minimum Gasteiger partial charge on any atom is -0.497 e. The fraction of sp³-hybridized carbons (Fsp3) is 0.263. The average Bonchev–Trinajstić information content (AvgIpc) is 2.59. The second kappa shape index (κ2) is 8.19. The largest absolute Gasteiger partial charge is 0.497 e. The van der Waals surface area contributed by atoms with Crippen LogP contribution in [0.2, 0.25) is 0 Å². The quantitative estimate of drug-likeness (QED) is 0.876. The summed E-state index contributed by atoms with van der Waals surface area (Å²) in [6.45, 7) is 3.23. The molecule has 0 aliphatic heterocycles. The van der Waals surface area contributed by atoms with Crippen LogP contribution >= 0.6 is 0 Å². The van der Waals surface area contributed by atoms with Gasteiger partial charge in [0.2, 0.25) is 11.8 Å². The number of anilines is 2. The molecule has 132 valence electrons. The maximum atomic E-state index is 12.4. The zero-order valence-corrected chi connectivity index (χ0v) is 14.8. The number of carbonyl (C=O) groups is 2. The Hall–Kier alpha value is -3.02. The second-order valence-electron chi connectivity index (χ2n) is 5.56. The van der Waals surface area contributed by atoms with Gasteiger partial charge < -0.3 is 19.7 Å². The topological polar surface area (TPSA) is 67.9 Å². The molecule has 0 aliphatic carbocycles. The summed E-state index contributed by atoms with van der Waals surface area (Å²) in [6, 6.07) is 12.5. The molecule has 0 bridgehead atoms. The fourth-order valence-electron chi connectivity index (χ4n) is 2.42. The molecule has 2 rings (SSSR count). The van der Waals surface area contributed by atoms with Crippen molar-refractivity contribution in [2.24, 2.45) is 0 Å². The molecule has 2 aromatic rings. The smallest absolute Gasteiger partial charge is 0.244 e. The van der Waals surface area contributed by atoms with Crippen molar-refractivity contribution in [3.8, 4) is 11.5 Å². The van der Waals surface area contributed by atoms with Gasteiger partial charge in [-0.3, -0.25) is 9.59 Å². The van der Waals surface area contributed by atoms with Crippen LogP contribution in [0.1, 0.15) is 12.5 Å². The van der Waals surface area contributed by atoms with E-state index in [1.54, 1.807) is 44.6 Å². The zero-order chi connectivity index (χ0) is 18.4. The first-order chi connectivity index (χ1) is 11.9. The van der Waals surface area contributed by atoms with Gasteiger partial charge in [-0.15, -0.1) is 0 Å². The number of ether oxygens (including phenoxy) is 2. The lowest BCUT2D eigenvalue weighted by atomic mass is 10.2. The van der Waals surface area contributed by atoms with Crippen LogP contribution in [0.5, 0.6) is 11.5 Å². The number of hydrogen-bond donors (Lipinski definition) is 1. The highest BCUT2D eigenvalue weighted by Crippen LogP contribution is 2.26. The van der Waals surface area contributed by atoms with Crippen molar-refractivity contribution in [3.63, 3.8) is 0 Å². The Morgan fingerprint density at radius 2 is 1.84 bits per heavy atom. The van der Waals surface area contributed by atoms with Crippen molar-refractivity contribution in [3.05, 3.63) is 48.0 Å². The molecule has 25 heavy (non-hydrogen) atoms. The van der Waals surface area contributed by atoms with Crippen LogP contribution in [0.3, 0.4) is 0 Å². The number of rotatable bonds is 6. The number of carbonyl (C=O) groups excluding carboxylic acids is 2. The summed E-state index contributed by atoms with van der Waals surface area (Å²) in [6.07, 6.45) is 0. The Morgan fingerprint density at radius 1 is 1.08 bits per heavy atom. The minimum absolute atomic E-state index is 0.112. The molecule has 0 aliphatic rings. The first-order valence-corrected chi connectivity index (χ1v) is 7.81. The third-order valence-corrected chi connectivity index (χ3v) is 3.68. The van der Waals surface area contributed by atoms with E-state index in [9.17, 15) is 9.59 Å².